The van der Waals surface area contributed by atoms with Crippen LogP contribution in [0.5, 0.6) is 0 Å². The Morgan fingerprint density at radius 1 is 1.29 bits per heavy atom. The topological polar surface area (TPSA) is 43.8 Å². The van der Waals surface area contributed by atoms with E-state index in [1.165, 1.54) is 25.3 Å². The summed E-state index contributed by atoms with van der Waals surface area (Å²) in [6.45, 7) is 6.36. The number of fused-ring (bicyclic) bond motifs is 1. The third-order valence-corrected chi connectivity index (χ3v) is 4.97. The number of aryl methyl sites for hydroxylation is 1. The number of nitrogens with two attached hydrogens (primary N) is 1. The van der Waals surface area contributed by atoms with E-state index in [2.05, 4.69) is 23.4 Å². The summed E-state index contributed by atoms with van der Waals surface area (Å²) in [6.07, 6.45) is 4.89. The van der Waals surface area contributed by atoms with Gasteiger partial charge in [0.25, 0.3) is 0 Å². The Balaban J connectivity index is 2.14. The molecular formula is C17H24FN3. The van der Waals surface area contributed by atoms with Crippen molar-refractivity contribution in [1.29, 1.82) is 0 Å². The van der Waals surface area contributed by atoms with Gasteiger partial charge in [-0.1, -0.05) is 26.7 Å². The van der Waals surface area contributed by atoms with Gasteiger partial charge in [-0.2, -0.15) is 0 Å². The van der Waals surface area contributed by atoms with Gasteiger partial charge in [-0.3, -0.25) is 0 Å². The largest absolute Gasteiger partial charge is 0.369 e. The summed E-state index contributed by atoms with van der Waals surface area (Å²) in [6, 6.07) is 3.78. The number of rotatable bonds is 2. The van der Waals surface area contributed by atoms with Gasteiger partial charge in [0.15, 0.2) is 0 Å². The van der Waals surface area contributed by atoms with E-state index in [-0.39, 0.29) is 5.82 Å². The van der Waals surface area contributed by atoms with Gasteiger partial charge in [0, 0.05) is 12.1 Å². The molecule has 0 saturated heterocycles. The standard InChI is InChI=1S/C17H24FN3/c1-10(2)12-6-4-5-7-15(12)21-16-8-11(3)13(18)9-14(16)20-17(21)19/h8-10,12,15H,4-7H2,1-3H3,(H2,19,20). The van der Waals surface area contributed by atoms with Gasteiger partial charge in [-0.05, 0) is 43.2 Å². The highest BCUT2D eigenvalue weighted by molar-refractivity contribution is 5.79. The van der Waals surface area contributed by atoms with E-state index < -0.39 is 0 Å². The first kappa shape index (κ1) is 14.4. The molecule has 2 unspecified atom stereocenters. The second-order valence-corrected chi connectivity index (χ2v) is 6.69. The van der Waals surface area contributed by atoms with Crippen molar-refractivity contribution in [2.45, 2.75) is 52.5 Å². The Bertz CT molecular complexity index is 660. The minimum Gasteiger partial charge on any atom is -0.369 e. The van der Waals surface area contributed by atoms with Crippen molar-refractivity contribution in [3.05, 3.63) is 23.5 Å². The second kappa shape index (κ2) is 5.32. The van der Waals surface area contributed by atoms with Crippen LogP contribution in [0.25, 0.3) is 11.0 Å². The van der Waals surface area contributed by atoms with Gasteiger partial charge in [0.1, 0.15) is 5.82 Å². The molecule has 1 fully saturated rings. The molecular weight excluding hydrogens is 265 g/mol. The van der Waals surface area contributed by atoms with E-state index in [9.17, 15) is 4.39 Å². The molecule has 0 aliphatic heterocycles. The van der Waals surface area contributed by atoms with Crippen LogP contribution in [0.3, 0.4) is 0 Å². The Hall–Kier alpha value is -1.58. The Morgan fingerprint density at radius 2 is 2.00 bits per heavy atom. The van der Waals surface area contributed by atoms with Crippen molar-refractivity contribution >= 4 is 17.0 Å². The molecule has 0 bridgehead atoms. The fourth-order valence-corrected chi connectivity index (χ4v) is 3.83. The van der Waals surface area contributed by atoms with Crippen LogP contribution in [0.4, 0.5) is 10.3 Å². The van der Waals surface area contributed by atoms with Gasteiger partial charge in [-0.25, -0.2) is 9.37 Å². The average molecular weight is 289 g/mol. The molecule has 1 aromatic carbocycles. The molecule has 114 valence electrons. The number of nitrogens with zero attached hydrogens (tertiary/aromatic N) is 2. The van der Waals surface area contributed by atoms with Gasteiger partial charge in [0.05, 0.1) is 11.0 Å². The highest BCUT2D eigenvalue weighted by atomic mass is 19.1. The van der Waals surface area contributed by atoms with Crippen molar-refractivity contribution in [2.75, 3.05) is 5.73 Å². The summed E-state index contributed by atoms with van der Waals surface area (Å²) in [5.41, 5.74) is 8.48. The molecule has 21 heavy (non-hydrogen) atoms. The lowest BCUT2D eigenvalue weighted by molar-refractivity contribution is 0.189. The number of halogens is 1. The summed E-state index contributed by atoms with van der Waals surface area (Å²) in [5.74, 6) is 1.54. The van der Waals surface area contributed by atoms with Gasteiger partial charge >= 0.3 is 0 Å². The maximum absolute atomic E-state index is 13.7. The Kier molecular flexibility index (Phi) is 3.64. The molecule has 4 heteroatoms. The Morgan fingerprint density at radius 3 is 2.71 bits per heavy atom. The maximum atomic E-state index is 13.7. The van der Waals surface area contributed by atoms with Crippen LogP contribution in [0, 0.1) is 24.6 Å². The molecule has 1 aliphatic carbocycles. The van der Waals surface area contributed by atoms with Crippen LogP contribution in [0.1, 0.15) is 51.1 Å². The number of benzene rings is 1. The first-order valence-electron chi connectivity index (χ1n) is 7.92. The molecule has 2 N–H and O–H groups in total. The molecule has 0 spiro atoms. The normalized spacial score (nSPS) is 23.1. The maximum Gasteiger partial charge on any atom is 0.201 e. The number of anilines is 1. The highest BCUT2D eigenvalue weighted by Gasteiger charge is 2.31. The monoisotopic (exact) mass is 289 g/mol. The van der Waals surface area contributed by atoms with Crippen molar-refractivity contribution in [1.82, 2.24) is 9.55 Å². The van der Waals surface area contributed by atoms with Crippen LogP contribution >= 0.6 is 0 Å². The van der Waals surface area contributed by atoms with Crippen LogP contribution in [-0.4, -0.2) is 9.55 Å². The molecule has 0 radical (unpaired) electrons. The lowest BCUT2D eigenvalue weighted by Crippen LogP contribution is -2.27. The van der Waals surface area contributed by atoms with E-state index in [1.807, 2.05) is 6.07 Å². The lowest BCUT2D eigenvalue weighted by Gasteiger charge is -2.36. The minimum absolute atomic E-state index is 0.212. The number of aromatic nitrogens is 2. The smallest absolute Gasteiger partial charge is 0.201 e. The first-order valence-corrected chi connectivity index (χ1v) is 7.92. The fourth-order valence-electron chi connectivity index (χ4n) is 3.83. The van der Waals surface area contributed by atoms with Crippen LogP contribution in [0.2, 0.25) is 0 Å². The molecule has 1 saturated carbocycles. The van der Waals surface area contributed by atoms with E-state index >= 15 is 0 Å². The predicted octanol–water partition coefficient (Wildman–Crippen LogP) is 4.45. The molecule has 2 aromatic rings. The van der Waals surface area contributed by atoms with E-state index in [4.69, 9.17) is 5.73 Å². The van der Waals surface area contributed by atoms with Gasteiger partial charge in [0.2, 0.25) is 5.95 Å². The zero-order valence-electron chi connectivity index (χ0n) is 13.1. The van der Waals surface area contributed by atoms with Gasteiger partial charge < -0.3 is 10.3 Å². The van der Waals surface area contributed by atoms with Crippen LogP contribution in [0.15, 0.2) is 12.1 Å². The van der Waals surface area contributed by atoms with Crippen LogP contribution in [-0.2, 0) is 0 Å². The summed E-state index contributed by atoms with van der Waals surface area (Å²) >= 11 is 0. The molecule has 1 aromatic heterocycles. The summed E-state index contributed by atoms with van der Waals surface area (Å²) in [5, 5.41) is 0. The molecule has 3 nitrogen and oxygen atoms in total. The molecule has 3 rings (SSSR count). The first-order chi connectivity index (χ1) is 9.99. The van der Waals surface area contributed by atoms with Crippen molar-refractivity contribution in [3.63, 3.8) is 0 Å². The second-order valence-electron chi connectivity index (χ2n) is 6.69. The molecule has 2 atom stereocenters. The molecule has 1 heterocycles. The third kappa shape index (κ3) is 2.41. The number of imidazole rings is 1. The third-order valence-electron chi connectivity index (χ3n) is 4.97. The zero-order valence-corrected chi connectivity index (χ0v) is 13.1. The van der Waals surface area contributed by atoms with Crippen molar-refractivity contribution in [3.8, 4) is 0 Å². The summed E-state index contributed by atoms with van der Waals surface area (Å²) < 4.78 is 15.9. The van der Waals surface area contributed by atoms with E-state index in [0.29, 0.717) is 34.9 Å². The average Bonchev–Trinajstić information content (AvgIpc) is 2.74. The van der Waals surface area contributed by atoms with Crippen molar-refractivity contribution in [2.24, 2.45) is 11.8 Å². The van der Waals surface area contributed by atoms with Crippen LogP contribution < -0.4 is 5.73 Å². The SMILES string of the molecule is Cc1cc2c(cc1F)nc(N)n2C1CCCCC1C(C)C. The zero-order chi connectivity index (χ0) is 15.1. The number of hydrogen-bond acceptors (Lipinski definition) is 2. The predicted molar refractivity (Wildman–Crippen MR) is 84.7 cm³/mol. The van der Waals surface area contributed by atoms with E-state index in [1.54, 1.807) is 6.92 Å². The Labute approximate surface area is 125 Å². The highest BCUT2D eigenvalue weighted by Crippen LogP contribution is 2.41. The number of nitrogen functional groups attached to an aromatic ring is 1. The molecule has 0 amide bonds. The summed E-state index contributed by atoms with van der Waals surface area (Å²) in [4.78, 5) is 4.38. The van der Waals surface area contributed by atoms with Crippen molar-refractivity contribution < 1.29 is 4.39 Å². The van der Waals surface area contributed by atoms with Gasteiger partial charge in [-0.15, -0.1) is 0 Å². The summed E-state index contributed by atoms with van der Waals surface area (Å²) in [7, 11) is 0. The molecule has 1 aliphatic rings. The lowest BCUT2D eigenvalue weighted by atomic mass is 9.77. The number of hydrogen-bond donors (Lipinski definition) is 1. The van der Waals surface area contributed by atoms with E-state index in [0.717, 1.165) is 11.9 Å². The quantitative estimate of drug-likeness (QED) is 0.887. The minimum atomic E-state index is -0.212. The fraction of sp³-hybridized carbons (Fsp3) is 0.588.